The van der Waals surface area contributed by atoms with Crippen LogP contribution in [0.2, 0.25) is 5.02 Å². The van der Waals surface area contributed by atoms with Gasteiger partial charge in [-0.3, -0.25) is 9.59 Å². The van der Waals surface area contributed by atoms with Crippen LogP contribution in [0, 0.1) is 6.92 Å². The number of anilines is 2. The number of rotatable bonds is 4. The highest BCUT2D eigenvalue weighted by atomic mass is 35.5. The Balaban J connectivity index is 1.64. The number of para-hydroxylation sites is 2. The van der Waals surface area contributed by atoms with E-state index in [1.54, 1.807) is 17.0 Å². The zero-order chi connectivity index (χ0) is 17.1. The van der Waals surface area contributed by atoms with E-state index in [0.717, 1.165) is 5.56 Å². The minimum Gasteiger partial charge on any atom is -0.482 e. The van der Waals surface area contributed by atoms with Gasteiger partial charge in [0.25, 0.3) is 5.91 Å². The molecule has 0 unspecified atom stereocenters. The Morgan fingerprint density at radius 2 is 2.08 bits per heavy atom. The minimum absolute atomic E-state index is 0.00774. The van der Waals surface area contributed by atoms with E-state index in [2.05, 4.69) is 5.32 Å². The molecule has 0 aliphatic carbocycles. The van der Waals surface area contributed by atoms with E-state index in [1.165, 1.54) is 0 Å². The fourth-order valence-electron chi connectivity index (χ4n) is 2.51. The van der Waals surface area contributed by atoms with Gasteiger partial charge < -0.3 is 15.0 Å². The summed E-state index contributed by atoms with van der Waals surface area (Å²) < 4.78 is 5.39. The van der Waals surface area contributed by atoms with E-state index in [-0.39, 0.29) is 24.8 Å². The molecule has 0 spiro atoms. The van der Waals surface area contributed by atoms with E-state index in [4.69, 9.17) is 16.3 Å². The van der Waals surface area contributed by atoms with Crippen LogP contribution in [0.25, 0.3) is 0 Å². The van der Waals surface area contributed by atoms with Crippen molar-refractivity contribution in [3.05, 3.63) is 53.1 Å². The van der Waals surface area contributed by atoms with E-state index >= 15 is 0 Å². The molecule has 5 nitrogen and oxygen atoms in total. The highest BCUT2D eigenvalue weighted by Crippen LogP contribution is 2.31. The van der Waals surface area contributed by atoms with Crippen molar-refractivity contribution >= 4 is 34.8 Å². The highest BCUT2D eigenvalue weighted by molar-refractivity contribution is 6.31. The van der Waals surface area contributed by atoms with Crippen LogP contribution >= 0.6 is 11.6 Å². The van der Waals surface area contributed by atoms with Gasteiger partial charge in [-0.15, -0.1) is 0 Å². The molecule has 1 heterocycles. The monoisotopic (exact) mass is 344 g/mol. The van der Waals surface area contributed by atoms with E-state index in [1.807, 2.05) is 37.3 Å². The lowest BCUT2D eigenvalue weighted by Crippen LogP contribution is -2.40. The molecule has 6 heteroatoms. The SMILES string of the molecule is Cc1ccc(NC(=O)CCN2C(=O)COc3ccccc32)cc1Cl. The van der Waals surface area contributed by atoms with Gasteiger partial charge in [0.05, 0.1) is 5.69 Å². The summed E-state index contributed by atoms with van der Waals surface area (Å²) in [6.07, 6.45) is 0.186. The predicted octanol–water partition coefficient (Wildman–Crippen LogP) is 3.40. The minimum atomic E-state index is -0.174. The summed E-state index contributed by atoms with van der Waals surface area (Å²) in [5.41, 5.74) is 2.29. The molecule has 1 aliphatic heterocycles. The average molecular weight is 345 g/mol. The van der Waals surface area contributed by atoms with Gasteiger partial charge in [0.2, 0.25) is 5.91 Å². The normalized spacial score (nSPS) is 13.2. The van der Waals surface area contributed by atoms with Crippen LogP contribution in [0.3, 0.4) is 0 Å². The van der Waals surface area contributed by atoms with Crippen LogP contribution in [0.4, 0.5) is 11.4 Å². The van der Waals surface area contributed by atoms with Gasteiger partial charge in [-0.05, 0) is 36.8 Å². The third-order valence-corrected chi connectivity index (χ3v) is 4.23. The number of nitrogens with zero attached hydrogens (tertiary/aromatic N) is 1. The lowest BCUT2D eigenvalue weighted by molar-refractivity contribution is -0.121. The Labute approximate surface area is 145 Å². The first-order valence-electron chi connectivity index (χ1n) is 7.63. The molecule has 0 aromatic heterocycles. The number of carbonyl (C=O) groups is 2. The number of aryl methyl sites for hydroxylation is 1. The second-order valence-corrected chi connectivity index (χ2v) is 5.97. The first-order valence-corrected chi connectivity index (χ1v) is 8.00. The van der Waals surface area contributed by atoms with Gasteiger partial charge in [0.15, 0.2) is 6.61 Å². The molecule has 0 fully saturated rings. The van der Waals surface area contributed by atoms with E-state index in [9.17, 15) is 9.59 Å². The maximum atomic E-state index is 12.1. The van der Waals surface area contributed by atoms with Crippen molar-refractivity contribution in [1.82, 2.24) is 0 Å². The van der Waals surface area contributed by atoms with Crippen molar-refractivity contribution in [2.45, 2.75) is 13.3 Å². The number of ether oxygens (including phenoxy) is 1. The zero-order valence-corrected chi connectivity index (χ0v) is 14.0. The highest BCUT2D eigenvalue weighted by Gasteiger charge is 2.25. The van der Waals surface area contributed by atoms with Gasteiger partial charge >= 0.3 is 0 Å². The summed E-state index contributed by atoms with van der Waals surface area (Å²) in [5, 5.41) is 3.40. The van der Waals surface area contributed by atoms with Crippen LogP contribution in [0.1, 0.15) is 12.0 Å². The maximum absolute atomic E-state index is 12.1. The Hall–Kier alpha value is -2.53. The molecule has 0 saturated heterocycles. The molecule has 0 saturated carbocycles. The quantitative estimate of drug-likeness (QED) is 0.924. The summed E-state index contributed by atoms with van der Waals surface area (Å²) in [4.78, 5) is 25.8. The fourth-order valence-corrected chi connectivity index (χ4v) is 2.69. The molecule has 3 rings (SSSR count). The molecule has 2 aromatic carbocycles. The molecule has 2 aromatic rings. The Kier molecular flexibility index (Phi) is 4.71. The maximum Gasteiger partial charge on any atom is 0.265 e. The largest absolute Gasteiger partial charge is 0.482 e. The van der Waals surface area contributed by atoms with Gasteiger partial charge in [-0.2, -0.15) is 0 Å². The van der Waals surface area contributed by atoms with Crippen LogP contribution < -0.4 is 15.0 Å². The van der Waals surface area contributed by atoms with Gasteiger partial charge in [0.1, 0.15) is 5.75 Å². The van der Waals surface area contributed by atoms with Gasteiger partial charge in [-0.1, -0.05) is 29.8 Å². The summed E-state index contributed by atoms with van der Waals surface area (Å²) in [6.45, 7) is 2.19. The van der Waals surface area contributed by atoms with E-state index < -0.39 is 0 Å². The van der Waals surface area contributed by atoms with Crippen LogP contribution in [-0.2, 0) is 9.59 Å². The smallest absolute Gasteiger partial charge is 0.265 e. The number of benzene rings is 2. The topological polar surface area (TPSA) is 58.6 Å². The summed E-state index contributed by atoms with van der Waals surface area (Å²) in [6, 6.07) is 12.7. The summed E-state index contributed by atoms with van der Waals surface area (Å²) >= 11 is 6.05. The molecule has 2 amide bonds. The number of amides is 2. The molecule has 1 N–H and O–H groups in total. The summed E-state index contributed by atoms with van der Waals surface area (Å²) in [5.74, 6) is 0.328. The number of hydrogen-bond acceptors (Lipinski definition) is 3. The molecule has 0 atom stereocenters. The van der Waals surface area contributed by atoms with Crippen LogP contribution in [-0.4, -0.2) is 25.0 Å². The molecule has 1 aliphatic rings. The zero-order valence-electron chi connectivity index (χ0n) is 13.2. The van der Waals surface area contributed by atoms with Crippen molar-refractivity contribution in [1.29, 1.82) is 0 Å². The third-order valence-electron chi connectivity index (χ3n) is 3.83. The third kappa shape index (κ3) is 3.51. The number of hydrogen-bond donors (Lipinski definition) is 1. The average Bonchev–Trinajstić information content (AvgIpc) is 2.57. The number of carbonyl (C=O) groups excluding carboxylic acids is 2. The molecular formula is C18H17ClN2O3. The van der Waals surface area contributed by atoms with Crippen LogP contribution in [0.5, 0.6) is 5.75 Å². The van der Waals surface area contributed by atoms with Crippen molar-refractivity contribution < 1.29 is 14.3 Å². The van der Waals surface area contributed by atoms with Crippen molar-refractivity contribution in [2.24, 2.45) is 0 Å². The number of fused-ring (bicyclic) bond motifs is 1. The number of nitrogens with one attached hydrogen (secondary N) is 1. The second-order valence-electron chi connectivity index (χ2n) is 5.56. The standard InChI is InChI=1S/C18H17ClN2O3/c1-12-6-7-13(10-14(12)19)20-17(22)8-9-21-15-4-2-3-5-16(15)24-11-18(21)23/h2-7,10H,8-9,11H2,1H3,(H,20,22). The van der Waals surface area contributed by atoms with Crippen molar-refractivity contribution in [2.75, 3.05) is 23.4 Å². The van der Waals surface area contributed by atoms with Crippen LogP contribution in [0.15, 0.2) is 42.5 Å². The Morgan fingerprint density at radius 3 is 2.88 bits per heavy atom. The lowest BCUT2D eigenvalue weighted by Gasteiger charge is -2.29. The first-order chi connectivity index (χ1) is 11.5. The molecule has 24 heavy (non-hydrogen) atoms. The molecule has 124 valence electrons. The van der Waals surface area contributed by atoms with Crippen molar-refractivity contribution in [3.8, 4) is 5.75 Å². The van der Waals surface area contributed by atoms with E-state index in [0.29, 0.717) is 28.7 Å². The summed E-state index contributed by atoms with van der Waals surface area (Å²) in [7, 11) is 0. The second kappa shape index (κ2) is 6.93. The predicted molar refractivity (Wildman–Crippen MR) is 93.7 cm³/mol. The van der Waals surface area contributed by atoms with Crippen molar-refractivity contribution in [3.63, 3.8) is 0 Å². The molecule has 0 radical (unpaired) electrons. The van der Waals surface area contributed by atoms with Gasteiger partial charge in [0, 0.05) is 23.7 Å². The lowest BCUT2D eigenvalue weighted by atomic mass is 10.2. The molecular weight excluding hydrogens is 328 g/mol. The number of halogens is 1. The molecule has 0 bridgehead atoms. The Bertz CT molecular complexity index is 792. The Morgan fingerprint density at radius 1 is 1.29 bits per heavy atom. The van der Waals surface area contributed by atoms with Gasteiger partial charge in [-0.25, -0.2) is 0 Å². The fraction of sp³-hybridized carbons (Fsp3) is 0.222. The first kappa shape index (κ1) is 16.3.